The predicted molar refractivity (Wildman–Crippen MR) is 127 cm³/mol. The lowest BCUT2D eigenvalue weighted by Gasteiger charge is -2.30. The zero-order valence-electron chi connectivity index (χ0n) is 19.1. The van der Waals surface area contributed by atoms with Crippen molar-refractivity contribution in [3.05, 3.63) is 33.8 Å². The van der Waals surface area contributed by atoms with Gasteiger partial charge in [0.15, 0.2) is 0 Å². The normalized spacial score (nSPS) is 11.5. The van der Waals surface area contributed by atoms with E-state index in [9.17, 15) is 0 Å². The zero-order chi connectivity index (χ0) is 20.7. The van der Waals surface area contributed by atoms with Crippen molar-refractivity contribution in [1.29, 1.82) is 0 Å². The molecule has 0 amide bonds. The molecule has 0 aliphatic heterocycles. The first-order chi connectivity index (χ1) is 13.4. The number of unbranched alkanes of at least 4 members (excludes halogenated alkanes) is 13. The average molecular weight is 465 g/mol. The molecule has 0 spiro atoms. The van der Waals surface area contributed by atoms with Crippen LogP contribution in [0.1, 0.15) is 102 Å². The SMILES string of the molecule is CCCCCCCCCCCCCCCC[N+](C)(C)Cc1ccc(Cl)c(Cl)c1.[Cl-]. The van der Waals surface area contributed by atoms with Gasteiger partial charge in [-0.05, 0) is 25.0 Å². The van der Waals surface area contributed by atoms with Crippen LogP contribution in [0.5, 0.6) is 0 Å². The van der Waals surface area contributed by atoms with E-state index >= 15 is 0 Å². The van der Waals surface area contributed by atoms with Crippen molar-refractivity contribution in [2.45, 2.75) is 103 Å². The first-order valence-electron chi connectivity index (χ1n) is 11.7. The molecule has 0 N–H and O–H groups in total. The smallest absolute Gasteiger partial charge is 0.104 e. The Morgan fingerprint density at radius 1 is 0.655 bits per heavy atom. The highest BCUT2D eigenvalue weighted by Crippen LogP contribution is 2.24. The van der Waals surface area contributed by atoms with Gasteiger partial charge in [-0.15, -0.1) is 0 Å². The minimum Gasteiger partial charge on any atom is -1.00 e. The summed E-state index contributed by atoms with van der Waals surface area (Å²) in [4.78, 5) is 0. The van der Waals surface area contributed by atoms with Crippen LogP contribution in [0.15, 0.2) is 18.2 Å². The molecule has 1 nitrogen and oxygen atoms in total. The molecule has 0 aliphatic rings. The van der Waals surface area contributed by atoms with Crippen LogP contribution >= 0.6 is 23.2 Å². The zero-order valence-corrected chi connectivity index (χ0v) is 21.4. The van der Waals surface area contributed by atoms with Gasteiger partial charge >= 0.3 is 0 Å². The minimum atomic E-state index is 0. The Bertz CT molecular complexity index is 517. The van der Waals surface area contributed by atoms with Gasteiger partial charge in [-0.2, -0.15) is 0 Å². The lowest BCUT2D eigenvalue weighted by atomic mass is 10.0. The first kappa shape index (κ1) is 29.1. The Labute approximate surface area is 197 Å². The number of rotatable bonds is 17. The molecule has 0 bridgehead atoms. The van der Waals surface area contributed by atoms with Crippen LogP contribution in [0.25, 0.3) is 0 Å². The third-order valence-electron chi connectivity index (χ3n) is 5.71. The summed E-state index contributed by atoms with van der Waals surface area (Å²) < 4.78 is 1.01. The summed E-state index contributed by atoms with van der Waals surface area (Å²) in [5.74, 6) is 0. The second-order valence-electron chi connectivity index (χ2n) is 9.16. The maximum absolute atomic E-state index is 6.14. The van der Waals surface area contributed by atoms with E-state index in [0.717, 1.165) is 11.0 Å². The van der Waals surface area contributed by atoms with Crippen LogP contribution in [-0.4, -0.2) is 25.1 Å². The molecule has 0 saturated heterocycles. The molecule has 0 heterocycles. The van der Waals surface area contributed by atoms with Crippen LogP contribution in [0.3, 0.4) is 0 Å². The Kier molecular flexibility index (Phi) is 17.7. The number of hydrogen-bond donors (Lipinski definition) is 0. The highest BCUT2D eigenvalue weighted by atomic mass is 35.5. The van der Waals surface area contributed by atoms with Crippen molar-refractivity contribution in [1.82, 2.24) is 0 Å². The molecule has 0 radical (unpaired) electrons. The van der Waals surface area contributed by atoms with Gasteiger partial charge in [0.1, 0.15) is 6.54 Å². The van der Waals surface area contributed by atoms with Crippen molar-refractivity contribution in [3.8, 4) is 0 Å². The summed E-state index contributed by atoms with van der Waals surface area (Å²) >= 11 is 12.2. The van der Waals surface area contributed by atoms with Crippen LogP contribution in [-0.2, 0) is 6.54 Å². The van der Waals surface area contributed by atoms with Gasteiger partial charge in [-0.1, -0.05) is 113 Å². The second-order valence-corrected chi connectivity index (χ2v) is 9.98. The molecule has 170 valence electrons. The van der Waals surface area contributed by atoms with Gasteiger partial charge in [0.05, 0.1) is 30.7 Å². The Balaban J connectivity index is 0.00000784. The highest BCUT2D eigenvalue weighted by Gasteiger charge is 2.16. The van der Waals surface area contributed by atoms with Crippen molar-refractivity contribution in [2.75, 3.05) is 20.6 Å². The van der Waals surface area contributed by atoms with Crippen molar-refractivity contribution >= 4 is 23.2 Å². The number of quaternary nitrogens is 1. The number of hydrogen-bond acceptors (Lipinski definition) is 0. The standard InChI is InChI=1S/C25H44Cl2N.ClH/c1-4-5-6-7-8-9-10-11-12-13-14-15-16-17-20-28(2,3)22-23-18-19-24(26)25(27)21-23;/h18-19,21H,4-17,20,22H2,1-3H3;1H/q+1;/p-1. The summed E-state index contributed by atoms with van der Waals surface area (Å²) in [7, 11) is 4.62. The van der Waals surface area contributed by atoms with E-state index in [1.165, 1.54) is 102 Å². The molecule has 0 aromatic heterocycles. The summed E-state index contributed by atoms with van der Waals surface area (Å²) in [5.41, 5.74) is 1.27. The van der Waals surface area contributed by atoms with Gasteiger partial charge in [-0.25, -0.2) is 0 Å². The van der Waals surface area contributed by atoms with E-state index in [2.05, 4.69) is 27.1 Å². The van der Waals surface area contributed by atoms with Crippen molar-refractivity contribution in [3.63, 3.8) is 0 Å². The monoisotopic (exact) mass is 463 g/mol. The third kappa shape index (κ3) is 15.5. The molecule has 0 unspecified atom stereocenters. The molecule has 1 rings (SSSR count). The predicted octanol–water partition coefficient (Wildman–Crippen LogP) is 6.06. The summed E-state index contributed by atoms with van der Waals surface area (Å²) in [6, 6.07) is 6.01. The Hall–Kier alpha value is 0.0500. The van der Waals surface area contributed by atoms with Crippen molar-refractivity contribution in [2.24, 2.45) is 0 Å². The van der Waals surface area contributed by atoms with E-state index in [1.54, 1.807) is 0 Å². The lowest BCUT2D eigenvalue weighted by Crippen LogP contribution is -3.00. The van der Waals surface area contributed by atoms with E-state index in [4.69, 9.17) is 23.2 Å². The average Bonchev–Trinajstić information content (AvgIpc) is 2.65. The summed E-state index contributed by atoms with van der Waals surface area (Å²) in [5, 5.41) is 1.30. The Morgan fingerprint density at radius 2 is 1.10 bits per heavy atom. The molecular weight excluding hydrogens is 421 g/mol. The minimum absolute atomic E-state index is 0. The molecule has 4 heteroatoms. The summed E-state index contributed by atoms with van der Waals surface area (Å²) in [6.07, 6.45) is 19.8. The van der Waals surface area contributed by atoms with Crippen molar-refractivity contribution < 1.29 is 16.9 Å². The Morgan fingerprint density at radius 3 is 1.55 bits per heavy atom. The van der Waals surface area contributed by atoms with Gasteiger partial charge in [0.2, 0.25) is 0 Å². The highest BCUT2D eigenvalue weighted by molar-refractivity contribution is 6.42. The lowest BCUT2D eigenvalue weighted by molar-refractivity contribution is -0.903. The van der Waals surface area contributed by atoms with E-state index in [0.29, 0.717) is 10.0 Å². The second kappa shape index (κ2) is 17.7. The molecule has 1 aromatic rings. The van der Waals surface area contributed by atoms with Gasteiger partial charge < -0.3 is 16.9 Å². The number of benzene rings is 1. The van der Waals surface area contributed by atoms with Gasteiger partial charge in [0, 0.05) is 5.56 Å². The topological polar surface area (TPSA) is 0 Å². The largest absolute Gasteiger partial charge is 1.00 e. The fourth-order valence-electron chi connectivity index (χ4n) is 3.95. The van der Waals surface area contributed by atoms with E-state index in [-0.39, 0.29) is 12.4 Å². The first-order valence-corrected chi connectivity index (χ1v) is 12.5. The van der Waals surface area contributed by atoms with Gasteiger partial charge in [0.25, 0.3) is 0 Å². The van der Waals surface area contributed by atoms with Gasteiger partial charge in [-0.3, -0.25) is 0 Å². The molecular formula is C25H44Cl3N. The number of nitrogens with zero attached hydrogens (tertiary/aromatic N) is 1. The molecule has 0 saturated carbocycles. The fourth-order valence-corrected chi connectivity index (χ4v) is 4.27. The third-order valence-corrected chi connectivity index (χ3v) is 6.45. The fraction of sp³-hybridized carbons (Fsp3) is 0.760. The number of halogens is 3. The van der Waals surface area contributed by atoms with Crippen LogP contribution in [0, 0.1) is 0 Å². The molecule has 0 aliphatic carbocycles. The molecule has 1 aromatic carbocycles. The quantitative estimate of drug-likeness (QED) is 0.194. The molecule has 0 atom stereocenters. The molecule has 29 heavy (non-hydrogen) atoms. The molecule has 0 fully saturated rings. The maximum Gasteiger partial charge on any atom is 0.104 e. The van der Waals surface area contributed by atoms with E-state index < -0.39 is 0 Å². The maximum atomic E-state index is 6.14. The van der Waals surface area contributed by atoms with Crippen LogP contribution in [0.2, 0.25) is 10.0 Å². The van der Waals surface area contributed by atoms with Crippen LogP contribution in [0.4, 0.5) is 0 Å². The van der Waals surface area contributed by atoms with E-state index in [1.807, 2.05) is 12.1 Å². The summed E-state index contributed by atoms with van der Waals surface area (Å²) in [6.45, 7) is 4.52. The van der Waals surface area contributed by atoms with Crippen LogP contribution < -0.4 is 12.4 Å².